The number of hydrogen-bond acceptors (Lipinski definition) is 4. The average molecular weight is 191 g/mol. The largest absolute Gasteiger partial charge is 0.462 e. The Kier molecular flexibility index (Phi) is 7.14. The van der Waals surface area contributed by atoms with Gasteiger partial charge in [-0.3, -0.25) is 4.79 Å². The van der Waals surface area contributed by atoms with E-state index >= 15 is 0 Å². The van der Waals surface area contributed by atoms with Crippen molar-refractivity contribution in [2.45, 2.75) is 6.04 Å². The summed E-state index contributed by atoms with van der Waals surface area (Å²) in [6.45, 7) is 3.26. The molecule has 0 aromatic carbocycles. The molecule has 0 aliphatic rings. The highest BCUT2D eigenvalue weighted by Crippen LogP contribution is 1.87. The van der Waals surface area contributed by atoms with Crippen LogP contribution in [0.15, 0.2) is 12.7 Å². The lowest BCUT2D eigenvalue weighted by molar-refractivity contribution is -0.147. The molecule has 0 aliphatic heterocycles. The van der Waals surface area contributed by atoms with Gasteiger partial charge in [0.25, 0.3) is 0 Å². The summed E-state index contributed by atoms with van der Waals surface area (Å²) in [6.07, 6.45) is 1.58. The minimum Gasteiger partial charge on any atom is -0.462 e. The second kappa shape index (κ2) is 7.70. The first-order valence-corrected chi connectivity index (χ1v) is 3.89. The number of halogens is 1. The van der Waals surface area contributed by atoms with E-state index in [1.54, 1.807) is 6.08 Å². The van der Waals surface area contributed by atoms with E-state index in [9.17, 15) is 9.18 Å². The van der Waals surface area contributed by atoms with E-state index in [-0.39, 0.29) is 13.2 Å². The molecular weight excluding hydrogens is 177 g/mol. The van der Waals surface area contributed by atoms with Gasteiger partial charge in [0.1, 0.15) is 19.3 Å². The molecule has 0 saturated carbocycles. The van der Waals surface area contributed by atoms with E-state index in [1.165, 1.54) is 0 Å². The predicted octanol–water partition coefficient (Wildman–Crippen LogP) is 0.0290. The number of ether oxygens (including phenoxy) is 2. The van der Waals surface area contributed by atoms with Crippen molar-refractivity contribution in [2.75, 3.05) is 26.5 Å². The van der Waals surface area contributed by atoms with E-state index in [0.717, 1.165) is 0 Å². The van der Waals surface area contributed by atoms with Crippen molar-refractivity contribution in [3.05, 3.63) is 12.7 Å². The van der Waals surface area contributed by atoms with Crippen molar-refractivity contribution in [2.24, 2.45) is 5.73 Å². The molecule has 0 aliphatic carbocycles. The Morgan fingerprint density at radius 3 is 2.85 bits per heavy atom. The Bertz CT molecular complexity index is 163. The van der Waals surface area contributed by atoms with Crippen molar-refractivity contribution in [1.29, 1.82) is 0 Å². The van der Waals surface area contributed by atoms with Gasteiger partial charge < -0.3 is 15.2 Å². The first kappa shape index (κ1) is 12.1. The third-order valence-corrected chi connectivity index (χ3v) is 1.18. The highest BCUT2D eigenvalue weighted by atomic mass is 19.1. The van der Waals surface area contributed by atoms with Gasteiger partial charge in [-0.1, -0.05) is 6.08 Å². The second-order valence-corrected chi connectivity index (χ2v) is 2.29. The summed E-state index contributed by atoms with van der Waals surface area (Å²) in [4.78, 5) is 10.7. The number of carbonyl (C=O) groups excluding carboxylic acids is 1. The molecule has 0 bridgehead atoms. The van der Waals surface area contributed by atoms with Gasteiger partial charge in [0.15, 0.2) is 0 Å². The zero-order valence-electron chi connectivity index (χ0n) is 7.37. The molecule has 13 heavy (non-hydrogen) atoms. The topological polar surface area (TPSA) is 61.5 Å². The Morgan fingerprint density at radius 1 is 1.62 bits per heavy atom. The Labute approximate surface area is 76.5 Å². The van der Waals surface area contributed by atoms with Gasteiger partial charge in [-0.15, -0.1) is 6.58 Å². The third-order valence-electron chi connectivity index (χ3n) is 1.18. The fourth-order valence-corrected chi connectivity index (χ4v) is 0.538. The number of carbonyl (C=O) groups is 1. The maximum Gasteiger partial charge on any atom is 0.325 e. The summed E-state index contributed by atoms with van der Waals surface area (Å²) in [5.41, 5.74) is 5.05. The van der Waals surface area contributed by atoms with Crippen molar-refractivity contribution in [3.8, 4) is 0 Å². The number of rotatable bonds is 7. The van der Waals surface area contributed by atoms with Crippen LogP contribution in [-0.4, -0.2) is 38.5 Å². The molecule has 0 fully saturated rings. The van der Waals surface area contributed by atoms with E-state index in [0.29, 0.717) is 6.61 Å². The maximum atomic E-state index is 11.8. The summed E-state index contributed by atoms with van der Waals surface area (Å²) in [5.74, 6) is -0.746. The molecule has 0 amide bonds. The van der Waals surface area contributed by atoms with Crippen LogP contribution in [-0.2, 0) is 14.3 Å². The van der Waals surface area contributed by atoms with Gasteiger partial charge in [-0.25, -0.2) is 4.39 Å². The summed E-state index contributed by atoms with van der Waals surface area (Å²) in [5, 5.41) is 0. The Hall–Kier alpha value is -0.940. The molecule has 2 N–H and O–H groups in total. The molecule has 0 radical (unpaired) electrons. The third kappa shape index (κ3) is 6.24. The van der Waals surface area contributed by atoms with Crippen LogP contribution in [0.25, 0.3) is 0 Å². The lowest BCUT2D eigenvalue weighted by atomic mass is 10.4. The lowest BCUT2D eigenvalue weighted by Crippen LogP contribution is -2.34. The van der Waals surface area contributed by atoms with Crippen LogP contribution in [0.2, 0.25) is 0 Å². The predicted molar refractivity (Wildman–Crippen MR) is 45.9 cm³/mol. The number of esters is 1. The molecular formula is C8H14FNO3. The highest BCUT2D eigenvalue weighted by Gasteiger charge is 2.13. The fourth-order valence-electron chi connectivity index (χ4n) is 0.538. The first-order valence-electron chi connectivity index (χ1n) is 3.89. The van der Waals surface area contributed by atoms with E-state index in [4.69, 9.17) is 10.5 Å². The molecule has 0 saturated heterocycles. The van der Waals surface area contributed by atoms with Crippen LogP contribution in [0.3, 0.4) is 0 Å². The van der Waals surface area contributed by atoms with Crippen molar-refractivity contribution in [1.82, 2.24) is 0 Å². The molecule has 76 valence electrons. The van der Waals surface area contributed by atoms with Crippen LogP contribution in [0.4, 0.5) is 4.39 Å². The molecule has 0 rings (SSSR count). The number of hydrogen-bond donors (Lipinski definition) is 1. The molecule has 0 spiro atoms. The van der Waals surface area contributed by atoms with Crippen LogP contribution in [0, 0.1) is 0 Å². The minimum absolute atomic E-state index is 0.0837. The van der Waals surface area contributed by atoms with Crippen molar-refractivity contribution < 1.29 is 18.7 Å². The van der Waals surface area contributed by atoms with Crippen LogP contribution >= 0.6 is 0 Å². The molecule has 0 aromatic rings. The highest BCUT2D eigenvalue weighted by molar-refractivity contribution is 5.75. The van der Waals surface area contributed by atoms with Crippen molar-refractivity contribution in [3.63, 3.8) is 0 Å². The zero-order valence-corrected chi connectivity index (χ0v) is 7.37. The van der Waals surface area contributed by atoms with Gasteiger partial charge >= 0.3 is 5.97 Å². The smallest absolute Gasteiger partial charge is 0.325 e. The lowest BCUT2D eigenvalue weighted by Gasteiger charge is -2.07. The first-order chi connectivity index (χ1) is 6.22. The molecule has 0 heterocycles. The summed E-state index contributed by atoms with van der Waals surface area (Å²) >= 11 is 0. The van der Waals surface area contributed by atoms with Gasteiger partial charge in [0, 0.05) is 0 Å². The normalized spacial score (nSPS) is 12.2. The summed E-state index contributed by atoms with van der Waals surface area (Å²) < 4.78 is 21.3. The monoisotopic (exact) mass is 191 g/mol. The fraction of sp³-hybridized carbons (Fsp3) is 0.625. The number of nitrogens with two attached hydrogens (primary N) is 1. The zero-order chi connectivity index (χ0) is 10.1. The van der Waals surface area contributed by atoms with Gasteiger partial charge in [-0.2, -0.15) is 0 Å². The summed E-state index contributed by atoms with van der Waals surface area (Å²) in [6, 6.07) is -1.18. The maximum absolute atomic E-state index is 11.8. The summed E-state index contributed by atoms with van der Waals surface area (Å²) in [7, 11) is 0. The molecule has 1 unspecified atom stereocenters. The second-order valence-electron chi connectivity index (χ2n) is 2.29. The molecule has 4 nitrogen and oxygen atoms in total. The van der Waals surface area contributed by atoms with Crippen LogP contribution in [0.5, 0.6) is 0 Å². The minimum atomic E-state index is -1.18. The van der Waals surface area contributed by atoms with E-state index in [2.05, 4.69) is 11.3 Å². The van der Waals surface area contributed by atoms with Crippen molar-refractivity contribution >= 4 is 5.97 Å². The van der Waals surface area contributed by atoms with Gasteiger partial charge in [0.2, 0.25) is 0 Å². The molecule has 0 aromatic heterocycles. The van der Waals surface area contributed by atoms with Gasteiger partial charge in [0.05, 0.1) is 13.2 Å². The average Bonchev–Trinajstić information content (AvgIpc) is 2.16. The quantitative estimate of drug-likeness (QED) is 0.350. The number of alkyl halides is 1. The van der Waals surface area contributed by atoms with Gasteiger partial charge in [-0.05, 0) is 0 Å². The van der Waals surface area contributed by atoms with Crippen LogP contribution in [0.1, 0.15) is 0 Å². The van der Waals surface area contributed by atoms with Crippen LogP contribution < -0.4 is 5.73 Å². The Morgan fingerprint density at radius 2 is 2.31 bits per heavy atom. The van der Waals surface area contributed by atoms with E-state index < -0.39 is 18.7 Å². The molecule has 5 heteroatoms. The molecule has 1 atom stereocenters. The standard InChI is InChI=1S/C8H14FNO3/c1-2-3-12-4-5-13-8(11)7(10)6-9/h2,7H,1,3-6,10H2. The van der Waals surface area contributed by atoms with E-state index in [1.807, 2.05) is 0 Å². The Balaban J connectivity index is 3.31. The SMILES string of the molecule is C=CCOCCOC(=O)C(N)CF.